The zero-order chi connectivity index (χ0) is 21.3. The summed E-state index contributed by atoms with van der Waals surface area (Å²) in [5.74, 6) is 1.24. The number of aromatic nitrogens is 2. The van der Waals surface area contributed by atoms with Crippen LogP contribution in [0.2, 0.25) is 0 Å². The standard InChI is InChI=1S/C25H26N4O/c1-16-14-17(2)27-24(26-16)29-28-21-15-23(30-22-9-7-6-8-20(21)22)18-10-12-19(13-11-18)25(3,4)5/h6-15H,1-5H3,(H,26,27,29). The highest BCUT2D eigenvalue weighted by atomic mass is 16.3. The molecule has 30 heavy (non-hydrogen) atoms. The fraction of sp³-hybridized carbons (Fsp3) is 0.240. The summed E-state index contributed by atoms with van der Waals surface area (Å²) in [6, 6.07) is 20.3. The number of rotatable bonds is 3. The van der Waals surface area contributed by atoms with Crippen molar-refractivity contribution in [2.45, 2.75) is 40.0 Å². The molecular formula is C25H26N4O. The van der Waals surface area contributed by atoms with Crippen molar-refractivity contribution in [1.29, 1.82) is 0 Å². The Balaban J connectivity index is 1.79. The summed E-state index contributed by atoms with van der Waals surface area (Å²) in [7, 11) is 0. The number of hydrogen-bond acceptors (Lipinski definition) is 5. The number of benzene rings is 2. The molecule has 0 atom stereocenters. The Morgan fingerprint density at radius 3 is 2.20 bits per heavy atom. The van der Waals surface area contributed by atoms with Gasteiger partial charge in [0.15, 0.2) is 0 Å². The summed E-state index contributed by atoms with van der Waals surface area (Å²) in [6.45, 7) is 10.5. The molecule has 0 saturated carbocycles. The molecule has 0 radical (unpaired) electrons. The molecule has 1 N–H and O–H groups in total. The third kappa shape index (κ3) is 4.25. The molecule has 4 rings (SSSR count). The molecule has 0 aliphatic rings. The Morgan fingerprint density at radius 1 is 0.867 bits per heavy atom. The minimum Gasteiger partial charge on any atom is -0.456 e. The molecule has 0 saturated heterocycles. The topological polar surface area (TPSA) is 63.3 Å². The van der Waals surface area contributed by atoms with Crippen LogP contribution in [-0.4, -0.2) is 9.97 Å². The van der Waals surface area contributed by atoms with E-state index in [1.165, 1.54) is 5.56 Å². The number of fused-ring (bicyclic) bond motifs is 1. The van der Waals surface area contributed by atoms with Gasteiger partial charge in [-0.05, 0) is 43.0 Å². The third-order valence-corrected chi connectivity index (χ3v) is 4.94. The van der Waals surface area contributed by atoms with E-state index in [1.807, 2.05) is 50.2 Å². The smallest absolute Gasteiger partial charge is 0.243 e. The van der Waals surface area contributed by atoms with Gasteiger partial charge in [-0.2, -0.15) is 5.10 Å². The Morgan fingerprint density at radius 2 is 1.53 bits per heavy atom. The molecule has 2 aromatic heterocycles. The first-order valence-corrected chi connectivity index (χ1v) is 10.1. The molecule has 0 aliphatic carbocycles. The molecule has 5 heteroatoms. The van der Waals surface area contributed by atoms with Crippen LogP contribution in [0.3, 0.4) is 0 Å². The maximum atomic E-state index is 6.19. The van der Waals surface area contributed by atoms with E-state index in [-0.39, 0.29) is 5.41 Å². The van der Waals surface area contributed by atoms with E-state index in [0.29, 0.717) is 5.95 Å². The van der Waals surface area contributed by atoms with Gasteiger partial charge < -0.3 is 4.42 Å². The second-order valence-corrected chi connectivity index (χ2v) is 8.52. The lowest BCUT2D eigenvalue weighted by molar-refractivity contribution is 0.589. The Kier molecular flexibility index (Phi) is 5.12. The molecular weight excluding hydrogens is 372 g/mol. The molecule has 0 spiro atoms. The van der Waals surface area contributed by atoms with Gasteiger partial charge in [0, 0.05) is 28.4 Å². The molecule has 0 amide bonds. The molecule has 4 aromatic rings. The molecule has 152 valence electrons. The molecule has 2 heterocycles. The monoisotopic (exact) mass is 398 g/mol. The van der Waals surface area contributed by atoms with E-state index < -0.39 is 0 Å². The van der Waals surface area contributed by atoms with Gasteiger partial charge in [-0.25, -0.2) is 15.4 Å². The lowest BCUT2D eigenvalue weighted by atomic mass is 9.86. The summed E-state index contributed by atoms with van der Waals surface area (Å²) >= 11 is 0. The lowest BCUT2D eigenvalue weighted by Crippen LogP contribution is -2.11. The van der Waals surface area contributed by atoms with Crippen molar-refractivity contribution in [3.63, 3.8) is 0 Å². The van der Waals surface area contributed by atoms with Crippen molar-refractivity contribution in [2.24, 2.45) is 5.10 Å². The summed E-state index contributed by atoms with van der Waals surface area (Å²) in [5, 5.41) is 6.29. The Bertz CT molecular complexity index is 1240. The second kappa shape index (κ2) is 7.75. The van der Waals surface area contributed by atoms with Crippen molar-refractivity contribution in [2.75, 3.05) is 5.43 Å². The highest BCUT2D eigenvalue weighted by Crippen LogP contribution is 2.27. The number of aryl methyl sites for hydroxylation is 2. The van der Waals surface area contributed by atoms with Crippen LogP contribution in [0.4, 0.5) is 5.95 Å². The molecule has 0 aliphatic heterocycles. The number of nitrogens with zero attached hydrogens (tertiary/aromatic N) is 3. The third-order valence-electron chi connectivity index (χ3n) is 4.94. The maximum absolute atomic E-state index is 6.19. The SMILES string of the molecule is Cc1cc(C)nc(NN=c2cc(-c3ccc(C(C)(C)C)cc3)oc3ccccc23)n1. The van der Waals surface area contributed by atoms with Gasteiger partial charge in [0.2, 0.25) is 5.95 Å². The van der Waals surface area contributed by atoms with Gasteiger partial charge in [-0.15, -0.1) is 0 Å². The zero-order valence-corrected chi connectivity index (χ0v) is 18.0. The van der Waals surface area contributed by atoms with Crippen LogP contribution in [0.15, 0.2) is 70.2 Å². The summed E-state index contributed by atoms with van der Waals surface area (Å²) < 4.78 is 6.19. The molecule has 5 nitrogen and oxygen atoms in total. The number of anilines is 1. The first-order chi connectivity index (χ1) is 14.3. The van der Waals surface area contributed by atoms with E-state index in [9.17, 15) is 0 Å². The largest absolute Gasteiger partial charge is 0.456 e. The highest BCUT2D eigenvalue weighted by Gasteiger charge is 2.14. The minimum atomic E-state index is 0.107. The summed E-state index contributed by atoms with van der Waals surface area (Å²) in [5.41, 5.74) is 7.97. The van der Waals surface area contributed by atoms with Crippen molar-refractivity contribution in [1.82, 2.24) is 9.97 Å². The van der Waals surface area contributed by atoms with Crippen molar-refractivity contribution in [3.05, 3.63) is 83.0 Å². The second-order valence-electron chi connectivity index (χ2n) is 8.52. The number of hydrogen-bond donors (Lipinski definition) is 1. The van der Waals surface area contributed by atoms with Gasteiger partial charge in [0.25, 0.3) is 0 Å². The zero-order valence-electron chi connectivity index (χ0n) is 18.0. The Hall–Kier alpha value is -3.47. The van der Waals surface area contributed by atoms with Crippen LogP contribution in [0.1, 0.15) is 37.7 Å². The van der Waals surface area contributed by atoms with Crippen LogP contribution in [-0.2, 0) is 5.41 Å². The van der Waals surface area contributed by atoms with Crippen LogP contribution < -0.4 is 10.8 Å². The van der Waals surface area contributed by atoms with Crippen LogP contribution in [0.25, 0.3) is 22.3 Å². The summed E-state index contributed by atoms with van der Waals surface area (Å²) in [6.07, 6.45) is 0. The van der Waals surface area contributed by atoms with Crippen LogP contribution >= 0.6 is 0 Å². The van der Waals surface area contributed by atoms with Gasteiger partial charge in [-0.3, -0.25) is 0 Å². The molecule has 2 aromatic carbocycles. The average Bonchev–Trinajstić information content (AvgIpc) is 2.70. The van der Waals surface area contributed by atoms with Gasteiger partial charge in [0.1, 0.15) is 11.3 Å². The predicted molar refractivity (Wildman–Crippen MR) is 121 cm³/mol. The van der Waals surface area contributed by atoms with E-state index in [4.69, 9.17) is 4.42 Å². The van der Waals surface area contributed by atoms with Crippen molar-refractivity contribution < 1.29 is 4.42 Å². The maximum Gasteiger partial charge on any atom is 0.243 e. The molecule has 0 unspecified atom stereocenters. The van der Waals surface area contributed by atoms with Gasteiger partial charge in [0.05, 0.1) is 5.36 Å². The van der Waals surface area contributed by atoms with E-state index in [2.05, 4.69) is 65.5 Å². The van der Waals surface area contributed by atoms with Crippen molar-refractivity contribution >= 4 is 16.9 Å². The van der Waals surface area contributed by atoms with E-state index >= 15 is 0 Å². The average molecular weight is 399 g/mol. The Labute approximate surface area is 176 Å². The summed E-state index contributed by atoms with van der Waals surface area (Å²) in [4.78, 5) is 8.81. The van der Waals surface area contributed by atoms with Gasteiger partial charge >= 0.3 is 0 Å². The van der Waals surface area contributed by atoms with E-state index in [1.54, 1.807) is 0 Å². The number of nitrogens with one attached hydrogen (secondary N) is 1. The molecule has 0 bridgehead atoms. The molecule has 0 fully saturated rings. The normalized spacial score (nSPS) is 12.4. The highest BCUT2D eigenvalue weighted by molar-refractivity contribution is 5.78. The van der Waals surface area contributed by atoms with E-state index in [0.717, 1.165) is 39.0 Å². The fourth-order valence-electron chi connectivity index (χ4n) is 3.37. The van der Waals surface area contributed by atoms with Crippen LogP contribution in [0.5, 0.6) is 0 Å². The van der Waals surface area contributed by atoms with Crippen LogP contribution in [0, 0.1) is 13.8 Å². The quantitative estimate of drug-likeness (QED) is 0.448. The predicted octanol–water partition coefficient (Wildman–Crippen LogP) is 5.73. The van der Waals surface area contributed by atoms with Crippen molar-refractivity contribution in [3.8, 4) is 11.3 Å². The first-order valence-electron chi connectivity index (χ1n) is 10.1. The van der Waals surface area contributed by atoms with Gasteiger partial charge in [-0.1, -0.05) is 57.2 Å². The lowest BCUT2D eigenvalue weighted by Gasteiger charge is -2.19. The first kappa shape index (κ1) is 19.8. The fourth-order valence-corrected chi connectivity index (χ4v) is 3.37. The number of para-hydroxylation sites is 1. The minimum absolute atomic E-state index is 0.107.